The molecule has 0 aliphatic carbocycles. The van der Waals surface area contributed by atoms with Crippen molar-refractivity contribution < 1.29 is 13.9 Å². The molecule has 0 unspecified atom stereocenters. The number of carbonyl (C=O) groups excluding carboxylic acids is 1. The first-order chi connectivity index (χ1) is 8.74. The Morgan fingerprint density at radius 2 is 2.16 bits per heavy atom. The molecule has 1 aromatic heterocycles. The highest BCUT2D eigenvalue weighted by molar-refractivity contribution is 9.10. The molecule has 0 fully saturated rings. The van der Waals surface area contributed by atoms with Crippen LogP contribution in [-0.2, 0) is 4.74 Å². The lowest BCUT2D eigenvalue weighted by molar-refractivity contribution is 0.0636. The summed E-state index contributed by atoms with van der Waals surface area (Å²) in [6.45, 7) is 5.33. The van der Waals surface area contributed by atoms with Crippen molar-refractivity contribution >= 4 is 48.7 Å². The SMILES string of the molecule is CC(C)(C)OC(=O)Nc1nc2cc(F)c(Br)cc2s1. The largest absolute Gasteiger partial charge is 0.444 e. The number of amides is 1. The minimum absolute atomic E-state index is 0.368. The highest BCUT2D eigenvalue weighted by atomic mass is 79.9. The van der Waals surface area contributed by atoms with Gasteiger partial charge in [0.2, 0.25) is 0 Å². The average molecular weight is 347 g/mol. The fourth-order valence-electron chi connectivity index (χ4n) is 1.37. The van der Waals surface area contributed by atoms with E-state index in [1.807, 2.05) is 0 Å². The van der Waals surface area contributed by atoms with E-state index < -0.39 is 11.7 Å². The van der Waals surface area contributed by atoms with Crippen LogP contribution in [0, 0.1) is 5.82 Å². The van der Waals surface area contributed by atoms with Crippen LogP contribution in [0.15, 0.2) is 16.6 Å². The van der Waals surface area contributed by atoms with Crippen LogP contribution in [0.5, 0.6) is 0 Å². The number of aromatic nitrogens is 1. The van der Waals surface area contributed by atoms with Crippen molar-refractivity contribution in [1.29, 1.82) is 0 Å². The predicted molar refractivity (Wildman–Crippen MR) is 77.1 cm³/mol. The Kier molecular flexibility index (Phi) is 3.78. The summed E-state index contributed by atoms with van der Waals surface area (Å²) >= 11 is 4.36. The fraction of sp³-hybridized carbons (Fsp3) is 0.333. The van der Waals surface area contributed by atoms with Crippen molar-refractivity contribution in [2.75, 3.05) is 5.32 Å². The van der Waals surface area contributed by atoms with Gasteiger partial charge in [0, 0.05) is 6.07 Å². The Morgan fingerprint density at radius 3 is 2.79 bits per heavy atom. The third kappa shape index (κ3) is 3.63. The van der Waals surface area contributed by atoms with E-state index in [-0.39, 0.29) is 5.82 Å². The summed E-state index contributed by atoms with van der Waals surface area (Å²) in [6, 6.07) is 2.94. The van der Waals surface area contributed by atoms with E-state index in [2.05, 4.69) is 26.2 Å². The Balaban J connectivity index is 2.20. The van der Waals surface area contributed by atoms with Gasteiger partial charge in [-0.3, -0.25) is 5.32 Å². The normalized spacial score (nSPS) is 11.6. The summed E-state index contributed by atoms with van der Waals surface area (Å²) in [5, 5.41) is 2.91. The van der Waals surface area contributed by atoms with Gasteiger partial charge in [-0.25, -0.2) is 14.2 Å². The lowest BCUT2D eigenvalue weighted by atomic mass is 10.2. The molecule has 2 rings (SSSR count). The summed E-state index contributed by atoms with van der Waals surface area (Å²) in [6.07, 6.45) is -0.578. The van der Waals surface area contributed by atoms with Gasteiger partial charge < -0.3 is 4.74 Å². The topological polar surface area (TPSA) is 51.2 Å². The molecule has 19 heavy (non-hydrogen) atoms. The van der Waals surface area contributed by atoms with Gasteiger partial charge in [0.05, 0.1) is 14.7 Å². The quantitative estimate of drug-likeness (QED) is 0.824. The second-order valence-electron chi connectivity index (χ2n) is 4.88. The number of rotatable bonds is 1. The fourth-order valence-corrected chi connectivity index (χ4v) is 2.74. The second-order valence-corrected chi connectivity index (χ2v) is 6.76. The van der Waals surface area contributed by atoms with Crippen LogP contribution in [0.25, 0.3) is 10.2 Å². The van der Waals surface area contributed by atoms with Crippen LogP contribution in [0.1, 0.15) is 20.8 Å². The lowest BCUT2D eigenvalue weighted by Crippen LogP contribution is -2.27. The molecule has 1 N–H and O–H groups in total. The van der Waals surface area contributed by atoms with Crippen LogP contribution in [-0.4, -0.2) is 16.7 Å². The maximum atomic E-state index is 13.3. The molecule has 102 valence electrons. The molecule has 1 heterocycles. The molecule has 4 nitrogen and oxygen atoms in total. The molecule has 0 bridgehead atoms. The number of nitrogens with zero attached hydrogens (tertiary/aromatic N) is 1. The van der Waals surface area contributed by atoms with Crippen molar-refractivity contribution in [3.63, 3.8) is 0 Å². The lowest BCUT2D eigenvalue weighted by Gasteiger charge is -2.18. The molecular formula is C12H12BrFN2O2S. The summed E-state index contributed by atoms with van der Waals surface area (Å²) in [7, 11) is 0. The van der Waals surface area contributed by atoms with E-state index >= 15 is 0 Å². The Morgan fingerprint density at radius 1 is 1.47 bits per heavy atom. The summed E-state index contributed by atoms with van der Waals surface area (Å²) in [4.78, 5) is 15.7. The van der Waals surface area contributed by atoms with E-state index in [1.165, 1.54) is 17.4 Å². The van der Waals surface area contributed by atoms with Crippen LogP contribution in [0.3, 0.4) is 0 Å². The number of hydrogen-bond acceptors (Lipinski definition) is 4. The van der Waals surface area contributed by atoms with E-state index in [4.69, 9.17) is 4.74 Å². The molecule has 0 aliphatic rings. The van der Waals surface area contributed by atoms with Gasteiger partial charge in [-0.2, -0.15) is 0 Å². The molecule has 1 aromatic carbocycles. The molecule has 0 saturated carbocycles. The number of halogens is 2. The van der Waals surface area contributed by atoms with Gasteiger partial charge in [-0.1, -0.05) is 11.3 Å². The Hall–Kier alpha value is -1.21. The maximum absolute atomic E-state index is 13.3. The van der Waals surface area contributed by atoms with E-state index in [9.17, 15) is 9.18 Å². The van der Waals surface area contributed by atoms with Crippen molar-refractivity contribution in [3.8, 4) is 0 Å². The number of hydrogen-bond donors (Lipinski definition) is 1. The first kappa shape index (κ1) is 14.2. The zero-order valence-corrected chi connectivity index (χ0v) is 13.0. The molecular weight excluding hydrogens is 335 g/mol. The summed E-state index contributed by atoms with van der Waals surface area (Å²) < 4.78 is 19.6. The van der Waals surface area contributed by atoms with Crippen LogP contribution in [0.4, 0.5) is 14.3 Å². The van der Waals surface area contributed by atoms with Gasteiger partial charge in [0.15, 0.2) is 5.13 Å². The molecule has 0 atom stereocenters. The number of benzene rings is 1. The minimum Gasteiger partial charge on any atom is -0.444 e. The van der Waals surface area contributed by atoms with E-state index in [1.54, 1.807) is 26.8 Å². The van der Waals surface area contributed by atoms with Crippen molar-refractivity contribution in [3.05, 3.63) is 22.4 Å². The molecule has 7 heteroatoms. The molecule has 0 aliphatic heterocycles. The Bertz CT molecular complexity index is 597. The monoisotopic (exact) mass is 346 g/mol. The van der Waals surface area contributed by atoms with Crippen molar-refractivity contribution in [2.45, 2.75) is 26.4 Å². The predicted octanol–water partition coefficient (Wildman–Crippen LogP) is 4.54. The molecule has 0 radical (unpaired) electrons. The Labute approximate surface area is 122 Å². The van der Waals surface area contributed by atoms with E-state index in [0.717, 1.165) is 4.70 Å². The van der Waals surface area contributed by atoms with Crippen LogP contribution < -0.4 is 5.32 Å². The van der Waals surface area contributed by atoms with Gasteiger partial charge in [-0.15, -0.1) is 0 Å². The highest BCUT2D eigenvalue weighted by Crippen LogP contribution is 2.30. The van der Waals surface area contributed by atoms with Crippen LogP contribution in [0.2, 0.25) is 0 Å². The smallest absolute Gasteiger partial charge is 0.413 e. The van der Waals surface area contributed by atoms with E-state index in [0.29, 0.717) is 15.1 Å². The number of fused-ring (bicyclic) bond motifs is 1. The number of anilines is 1. The van der Waals surface area contributed by atoms with Gasteiger partial charge in [0.1, 0.15) is 11.4 Å². The van der Waals surface area contributed by atoms with Crippen molar-refractivity contribution in [2.24, 2.45) is 0 Å². The standard InChI is InChI=1S/C12H12BrFN2O2S/c1-12(2,3)18-11(17)16-10-15-8-5-7(14)6(13)4-9(8)19-10/h4-5H,1-3H3,(H,15,16,17). The number of nitrogens with one attached hydrogen (secondary N) is 1. The zero-order valence-electron chi connectivity index (χ0n) is 10.6. The molecule has 0 saturated heterocycles. The maximum Gasteiger partial charge on any atom is 0.413 e. The number of carbonyl (C=O) groups is 1. The molecule has 0 spiro atoms. The van der Waals surface area contributed by atoms with Gasteiger partial charge in [-0.05, 0) is 42.8 Å². The second kappa shape index (κ2) is 5.05. The third-order valence-electron chi connectivity index (χ3n) is 2.04. The summed E-state index contributed by atoms with van der Waals surface area (Å²) in [5.74, 6) is -0.387. The molecule has 2 aromatic rings. The highest BCUT2D eigenvalue weighted by Gasteiger charge is 2.17. The first-order valence-corrected chi connectivity index (χ1v) is 7.11. The number of ether oxygens (including phenoxy) is 1. The van der Waals surface area contributed by atoms with Gasteiger partial charge >= 0.3 is 6.09 Å². The minimum atomic E-state index is -0.578. The number of thiazole rings is 1. The molecule has 1 amide bonds. The first-order valence-electron chi connectivity index (χ1n) is 5.50. The average Bonchev–Trinajstić information content (AvgIpc) is 2.56. The van der Waals surface area contributed by atoms with Crippen LogP contribution >= 0.6 is 27.3 Å². The zero-order chi connectivity index (χ0) is 14.2. The summed E-state index contributed by atoms with van der Waals surface area (Å²) in [5.41, 5.74) is -0.0765. The van der Waals surface area contributed by atoms with Crippen molar-refractivity contribution in [1.82, 2.24) is 4.98 Å². The van der Waals surface area contributed by atoms with Gasteiger partial charge in [0.25, 0.3) is 0 Å². The third-order valence-corrected chi connectivity index (χ3v) is 3.58.